The number of methoxy groups -OCH3 is 1. The lowest BCUT2D eigenvalue weighted by Crippen LogP contribution is -1.98. The van der Waals surface area contributed by atoms with Crippen LogP contribution in [0, 0.1) is 0 Å². The molecule has 0 fully saturated rings. The van der Waals surface area contributed by atoms with Crippen LogP contribution in [-0.2, 0) is 6.61 Å². The molecule has 8 rings (SSSR count). The topological polar surface area (TPSA) is 29.5 Å². The first-order valence-electron chi connectivity index (χ1n) is 15.7. The Kier molecular flexibility index (Phi) is 7.05. The van der Waals surface area contributed by atoms with E-state index in [0.29, 0.717) is 0 Å². The minimum absolute atomic E-state index is 0.0266. The van der Waals surface area contributed by atoms with E-state index in [4.69, 9.17) is 4.74 Å². The van der Waals surface area contributed by atoms with Gasteiger partial charge in [-0.25, -0.2) is 0 Å². The molecule has 0 saturated carbocycles. The van der Waals surface area contributed by atoms with Gasteiger partial charge in [-0.2, -0.15) is 0 Å². The smallest absolute Gasteiger partial charge is 0.119 e. The van der Waals surface area contributed by atoms with Gasteiger partial charge in [0.2, 0.25) is 0 Å². The fourth-order valence-corrected chi connectivity index (χ4v) is 7.10. The lowest BCUT2D eigenvalue weighted by Gasteiger charge is -2.25. The molecule has 2 heteroatoms. The number of aliphatic hydroxyl groups excluding tert-OH is 1. The Morgan fingerprint density at radius 3 is 1.17 bits per heavy atom. The lowest BCUT2D eigenvalue weighted by molar-refractivity contribution is 0.282. The summed E-state index contributed by atoms with van der Waals surface area (Å²) in [6, 6.07) is 55.8. The lowest BCUT2D eigenvalue weighted by atomic mass is 9.77. The first kappa shape index (κ1) is 27.8. The van der Waals surface area contributed by atoms with Gasteiger partial charge >= 0.3 is 0 Å². The van der Waals surface area contributed by atoms with Crippen LogP contribution < -0.4 is 4.74 Å². The number of rotatable bonds is 6. The van der Waals surface area contributed by atoms with Crippen LogP contribution in [-0.4, -0.2) is 12.2 Å². The van der Waals surface area contributed by atoms with Crippen LogP contribution in [0.4, 0.5) is 0 Å². The molecule has 8 aromatic rings. The molecular weight excluding hydrogens is 560 g/mol. The Labute approximate surface area is 268 Å². The van der Waals surface area contributed by atoms with E-state index >= 15 is 0 Å². The second-order valence-electron chi connectivity index (χ2n) is 11.7. The molecule has 0 aromatic heterocycles. The highest BCUT2D eigenvalue weighted by atomic mass is 16.5. The van der Waals surface area contributed by atoms with Gasteiger partial charge in [0.15, 0.2) is 0 Å². The van der Waals surface area contributed by atoms with Crippen molar-refractivity contribution < 1.29 is 9.84 Å². The van der Waals surface area contributed by atoms with Gasteiger partial charge in [-0.05, 0) is 101 Å². The Balaban J connectivity index is 1.78. The van der Waals surface area contributed by atoms with E-state index in [1.54, 1.807) is 7.11 Å². The van der Waals surface area contributed by atoms with Gasteiger partial charge in [0.1, 0.15) is 5.75 Å². The predicted octanol–water partition coefficient (Wildman–Crippen LogP) is 11.3. The highest BCUT2D eigenvalue weighted by molar-refractivity contribution is 6.34. The minimum Gasteiger partial charge on any atom is -0.497 e. The third-order valence-electron chi connectivity index (χ3n) is 9.07. The zero-order valence-corrected chi connectivity index (χ0v) is 25.6. The highest BCUT2D eigenvalue weighted by Crippen LogP contribution is 2.54. The average Bonchev–Trinajstić information content (AvgIpc) is 3.13. The van der Waals surface area contributed by atoms with Crippen molar-refractivity contribution >= 4 is 32.3 Å². The number of aliphatic hydroxyl groups is 1. The van der Waals surface area contributed by atoms with Gasteiger partial charge in [0.25, 0.3) is 0 Å². The van der Waals surface area contributed by atoms with Crippen LogP contribution in [0.25, 0.3) is 76.8 Å². The Hall–Kier alpha value is -5.70. The van der Waals surface area contributed by atoms with Gasteiger partial charge in [-0.15, -0.1) is 0 Å². The molecule has 0 aliphatic carbocycles. The Bertz CT molecular complexity index is 2170. The van der Waals surface area contributed by atoms with Crippen molar-refractivity contribution in [2.75, 3.05) is 7.11 Å². The first-order chi connectivity index (χ1) is 22.8. The molecule has 0 radical (unpaired) electrons. The number of fused-ring (bicyclic) bond motifs is 3. The van der Waals surface area contributed by atoms with Crippen molar-refractivity contribution in [1.82, 2.24) is 0 Å². The van der Waals surface area contributed by atoms with Crippen molar-refractivity contribution in [3.05, 3.63) is 163 Å². The molecule has 0 bridgehead atoms. The normalized spacial score (nSPS) is 11.3. The highest BCUT2D eigenvalue weighted by Gasteiger charge is 2.26. The summed E-state index contributed by atoms with van der Waals surface area (Å²) >= 11 is 0. The van der Waals surface area contributed by atoms with Crippen LogP contribution >= 0.6 is 0 Å². The van der Waals surface area contributed by atoms with E-state index in [9.17, 15) is 5.11 Å². The summed E-state index contributed by atoms with van der Waals surface area (Å²) in [5.74, 6) is 0.820. The van der Waals surface area contributed by atoms with Crippen LogP contribution in [0.15, 0.2) is 158 Å². The van der Waals surface area contributed by atoms with Gasteiger partial charge < -0.3 is 9.84 Å². The minimum atomic E-state index is -0.0266. The summed E-state index contributed by atoms with van der Waals surface area (Å²) in [6.07, 6.45) is 0. The third-order valence-corrected chi connectivity index (χ3v) is 9.07. The predicted molar refractivity (Wildman–Crippen MR) is 193 cm³/mol. The van der Waals surface area contributed by atoms with Crippen LogP contribution in [0.3, 0.4) is 0 Å². The molecule has 46 heavy (non-hydrogen) atoms. The molecule has 220 valence electrons. The zero-order chi connectivity index (χ0) is 31.0. The van der Waals surface area contributed by atoms with E-state index < -0.39 is 0 Å². The maximum Gasteiger partial charge on any atom is 0.119 e. The Morgan fingerprint density at radius 1 is 0.413 bits per heavy atom. The third kappa shape index (κ3) is 4.54. The maximum absolute atomic E-state index is 10.4. The SMILES string of the molecule is COc1ccc2c(-c3ccccc3)c3c(-c4ccccc4)c4cc(CO)ccc4c(-c4ccccc4)c3c(-c3ccccc3)c2c1. The zero-order valence-electron chi connectivity index (χ0n) is 25.6. The summed E-state index contributed by atoms with van der Waals surface area (Å²) in [5.41, 5.74) is 10.2. The summed E-state index contributed by atoms with van der Waals surface area (Å²) < 4.78 is 5.85. The molecule has 8 aromatic carbocycles. The largest absolute Gasteiger partial charge is 0.497 e. The number of hydrogen-bond donors (Lipinski definition) is 1. The standard InChI is InChI=1S/C44H32O2/c1-46-34-23-25-36-38(27-34)42(33-20-12-5-13-21-33)44-39(30-14-6-2-7-15-30)35-24-22-29(28-45)26-37(35)41(32-18-10-4-11-19-32)43(44)40(36)31-16-8-3-9-17-31/h2-27,45H,28H2,1H3. The van der Waals surface area contributed by atoms with E-state index in [0.717, 1.165) is 60.7 Å². The average molecular weight is 593 g/mol. The molecule has 2 nitrogen and oxygen atoms in total. The monoisotopic (exact) mass is 592 g/mol. The molecule has 0 aliphatic heterocycles. The summed E-state index contributed by atoms with van der Waals surface area (Å²) in [6.45, 7) is -0.0266. The van der Waals surface area contributed by atoms with Crippen molar-refractivity contribution in [3.63, 3.8) is 0 Å². The number of ether oxygens (including phenoxy) is 1. The molecule has 0 atom stereocenters. The molecule has 1 N–H and O–H groups in total. The summed E-state index contributed by atoms with van der Waals surface area (Å²) in [7, 11) is 1.73. The maximum atomic E-state index is 10.4. The van der Waals surface area contributed by atoms with Gasteiger partial charge in [0, 0.05) is 0 Å². The summed E-state index contributed by atoms with van der Waals surface area (Å²) in [5, 5.41) is 17.3. The first-order valence-corrected chi connectivity index (χ1v) is 15.7. The molecule has 0 heterocycles. The van der Waals surface area contributed by atoms with Crippen molar-refractivity contribution in [2.24, 2.45) is 0 Å². The summed E-state index contributed by atoms with van der Waals surface area (Å²) in [4.78, 5) is 0. The Morgan fingerprint density at radius 2 is 0.783 bits per heavy atom. The van der Waals surface area contributed by atoms with Crippen molar-refractivity contribution in [3.8, 4) is 50.3 Å². The van der Waals surface area contributed by atoms with Gasteiger partial charge in [0.05, 0.1) is 13.7 Å². The van der Waals surface area contributed by atoms with E-state index in [-0.39, 0.29) is 6.61 Å². The quantitative estimate of drug-likeness (QED) is 0.195. The van der Waals surface area contributed by atoms with Crippen LogP contribution in [0.5, 0.6) is 5.75 Å². The van der Waals surface area contributed by atoms with E-state index in [2.05, 4.69) is 158 Å². The molecule has 0 saturated heterocycles. The van der Waals surface area contributed by atoms with E-state index in [1.165, 1.54) is 27.5 Å². The van der Waals surface area contributed by atoms with E-state index in [1.807, 2.05) is 0 Å². The van der Waals surface area contributed by atoms with Crippen molar-refractivity contribution in [2.45, 2.75) is 6.61 Å². The van der Waals surface area contributed by atoms with Crippen LogP contribution in [0.2, 0.25) is 0 Å². The fourth-order valence-electron chi connectivity index (χ4n) is 7.10. The van der Waals surface area contributed by atoms with Crippen molar-refractivity contribution in [1.29, 1.82) is 0 Å². The molecular formula is C44H32O2. The molecule has 0 amide bonds. The number of benzene rings is 8. The molecule has 0 spiro atoms. The number of hydrogen-bond acceptors (Lipinski definition) is 2. The second kappa shape index (κ2) is 11.7. The fraction of sp³-hybridized carbons (Fsp3) is 0.0455. The molecule has 0 unspecified atom stereocenters. The molecule has 0 aliphatic rings. The second-order valence-corrected chi connectivity index (χ2v) is 11.7. The van der Waals surface area contributed by atoms with Gasteiger partial charge in [-0.3, -0.25) is 0 Å². The van der Waals surface area contributed by atoms with Crippen LogP contribution in [0.1, 0.15) is 5.56 Å². The van der Waals surface area contributed by atoms with Gasteiger partial charge in [-0.1, -0.05) is 140 Å².